The van der Waals surface area contributed by atoms with E-state index in [0.29, 0.717) is 30.2 Å². The molecule has 1 atom stereocenters. The van der Waals surface area contributed by atoms with Gasteiger partial charge in [0.2, 0.25) is 5.91 Å². The van der Waals surface area contributed by atoms with Gasteiger partial charge in [0, 0.05) is 19.2 Å². The molecule has 0 saturated carbocycles. The van der Waals surface area contributed by atoms with Crippen LogP contribution in [0.4, 0.5) is 20.3 Å². The van der Waals surface area contributed by atoms with Gasteiger partial charge in [0.15, 0.2) is 0 Å². The largest absolute Gasteiger partial charge is 0.355 e. The molecule has 0 spiro atoms. The molecule has 4 rings (SSSR count). The van der Waals surface area contributed by atoms with E-state index in [2.05, 4.69) is 20.4 Å². The fourth-order valence-corrected chi connectivity index (χ4v) is 3.35. The van der Waals surface area contributed by atoms with E-state index in [-0.39, 0.29) is 17.5 Å². The monoisotopic (exact) mass is 373 g/mol. The molecule has 140 valence electrons. The lowest BCUT2D eigenvalue weighted by molar-refractivity contribution is -0.120. The van der Waals surface area contributed by atoms with Crippen LogP contribution in [-0.4, -0.2) is 34.1 Å². The highest BCUT2D eigenvalue weighted by molar-refractivity contribution is 5.94. The zero-order valence-electron chi connectivity index (χ0n) is 14.6. The minimum atomic E-state index is -0.798. The number of carbonyl (C=O) groups is 1. The smallest absolute Gasteiger partial charge is 0.263 e. The molecular formula is C18H17F2N5O2. The van der Waals surface area contributed by atoms with E-state index in [0.717, 1.165) is 30.5 Å². The standard InChI is InChI=1S/C18H17F2N5O2/c1-10-15-16(21-9-22-18(15)27-24-10)25-6-2-3-11(8-25)17(26)23-14-5-4-12(19)7-13(14)20/h4-5,7,9,11H,2-3,6,8H2,1H3,(H,23,26)/t11-/m0/s1. The highest BCUT2D eigenvalue weighted by atomic mass is 19.1. The predicted molar refractivity (Wildman–Crippen MR) is 94.3 cm³/mol. The van der Waals surface area contributed by atoms with Crippen molar-refractivity contribution < 1.29 is 18.1 Å². The van der Waals surface area contributed by atoms with Gasteiger partial charge in [0.05, 0.1) is 17.3 Å². The molecule has 3 aromatic rings. The summed E-state index contributed by atoms with van der Waals surface area (Å²) in [5, 5.41) is 7.20. The van der Waals surface area contributed by atoms with E-state index in [1.165, 1.54) is 12.4 Å². The first-order chi connectivity index (χ1) is 13.0. The number of halogens is 2. The highest BCUT2D eigenvalue weighted by Crippen LogP contribution is 2.30. The number of fused-ring (bicyclic) bond motifs is 1. The Kier molecular flexibility index (Phi) is 4.43. The van der Waals surface area contributed by atoms with E-state index >= 15 is 0 Å². The van der Waals surface area contributed by atoms with Gasteiger partial charge in [-0.3, -0.25) is 4.79 Å². The quantitative estimate of drug-likeness (QED) is 0.760. The van der Waals surface area contributed by atoms with E-state index in [1.54, 1.807) is 0 Å². The van der Waals surface area contributed by atoms with Crippen LogP contribution >= 0.6 is 0 Å². The van der Waals surface area contributed by atoms with E-state index < -0.39 is 11.6 Å². The summed E-state index contributed by atoms with van der Waals surface area (Å²) in [6.45, 7) is 2.96. The van der Waals surface area contributed by atoms with Crippen LogP contribution in [0.25, 0.3) is 11.1 Å². The third-order valence-corrected chi connectivity index (χ3v) is 4.70. The lowest BCUT2D eigenvalue weighted by Gasteiger charge is -2.33. The Morgan fingerprint density at radius 1 is 1.33 bits per heavy atom. The minimum absolute atomic E-state index is 0.0298. The van der Waals surface area contributed by atoms with Crippen LogP contribution in [0.3, 0.4) is 0 Å². The number of nitrogens with one attached hydrogen (secondary N) is 1. The summed E-state index contributed by atoms with van der Waals surface area (Å²) in [5.74, 6) is -1.48. The van der Waals surface area contributed by atoms with Gasteiger partial charge < -0.3 is 14.7 Å². The Hall–Kier alpha value is -3.10. The fourth-order valence-electron chi connectivity index (χ4n) is 3.35. The average molecular weight is 373 g/mol. The maximum absolute atomic E-state index is 13.8. The Balaban J connectivity index is 1.54. The van der Waals surface area contributed by atoms with Crippen LogP contribution in [0.2, 0.25) is 0 Å². The number of aryl methyl sites for hydroxylation is 1. The molecular weight excluding hydrogens is 356 g/mol. The molecule has 0 aliphatic carbocycles. The average Bonchev–Trinajstić information content (AvgIpc) is 3.05. The molecule has 1 aliphatic heterocycles. The molecule has 1 aliphatic rings. The Morgan fingerprint density at radius 2 is 2.19 bits per heavy atom. The lowest BCUT2D eigenvalue weighted by Crippen LogP contribution is -2.41. The lowest BCUT2D eigenvalue weighted by atomic mass is 9.96. The van der Waals surface area contributed by atoms with Gasteiger partial charge in [0.1, 0.15) is 29.2 Å². The third-order valence-electron chi connectivity index (χ3n) is 4.70. The highest BCUT2D eigenvalue weighted by Gasteiger charge is 2.29. The van der Waals surface area contributed by atoms with Gasteiger partial charge in [-0.2, -0.15) is 4.98 Å². The van der Waals surface area contributed by atoms with Crippen molar-refractivity contribution in [1.29, 1.82) is 0 Å². The maximum Gasteiger partial charge on any atom is 0.263 e. The van der Waals surface area contributed by atoms with Crippen molar-refractivity contribution in [1.82, 2.24) is 15.1 Å². The Morgan fingerprint density at radius 3 is 3.00 bits per heavy atom. The minimum Gasteiger partial charge on any atom is -0.355 e. The second-order valence-electron chi connectivity index (χ2n) is 6.54. The summed E-state index contributed by atoms with van der Waals surface area (Å²) in [7, 11) is 0. The van der Waals surface area contributed by atoms with E-state index in [4.69, 9.17) is 4.52 Å². The Bertz CT molecular complexity index is 1010. The first-order valence-corrected chi connectivity index (χ1v) is 8.61. The first kappa shape index (κ1) is 17.3. The van der Waals surface area contributed by atoms with Gasteiger partial charge in [-0.05, 0) is 31.9 Å². The number of rotatable bonds is 3. The molecule has 7 nitrogen and oxygen atoms in total. The van der Waals surface area contributed by atoms with Gasteiger partial charge in [-0.1, -0.05) is 5.16 Å². The van der Waals surface area contributed by atoms with Crippen molar-refractivity contribution >= 4 is 28.5 Å². The summed E-state index contributed by atoms with van der Waals surface area (Å²) in [6, 6.07) is 3.07. The summed E-state index contributed by atoms with van der Waals surface area (Å²) < 4.78 is 32.0. The van der Waals surface area contributed by atoms with Crippen molar-refractivity contribution in [2.45, 2.75) is 19.8 Å². The summed E-state index contributed by atoms with van der Waals surface area (Å²) >= 11 is 0. The van der Waals surface area contributed by atoms with Crippen LogP contribution in [0.5, 0.6) is 0 Å². The molecule has 27 heavy (non-hydrogen) atoms. The van der Waals surface area contributed by atoms with Gasteiger partial charge >= 0.3 is 0 Å². The summed E-state index contributed by atoms with van der Waals surface area (Å²) in [5.41, 5.74) is 1.05. The second-order valence-corrected chi connectivity index (χ2v) is 6.54. The SMILES string of the molecule is Cc1noc2ncnc(N3CCC[C@H](C(=O)Nc4ccc(F)cc4F)C3)c12. The molecule has 1 amide bonds. The zero-order valence-corrected chi connectivity index (χ0v) is 14.6. The van der Waals surface area contributed by atoms with Crippen molar-refractivity contribution in [3.8, 4) is 0 Å². The molecule has 0 radical (unpaired) electrons. The van der Waals surface area contributed by atoms with Crippen LogP contribution in [0.15, 0.2) is 29.0 Å². The summed E-state index contributed by atoms with van der Waals surface area (Å²) in [6.07, 6.45) is 2.85. The number of carbonyl (C=O) groups excluding carboxylic acids is 1. The van der Waals surface area contributed by atoms with Crippen LogP contribution < -0.4 is 10.2 Å². The molecule has 1 fully saturated rings. The summed E-state index contributed by atoms with van der Waals surface area (Å²) in [4.78, 5) is 23.0. The third kappa shape index (κ3) is 3.32. The maximum atomic E-state index is 13.8. The fraction of sp³-hybridized carbons (Fsp3) is 0.333. The molecule has 1 saturated heterocycles. The number of piperidine rings is 1. The normalized spacial score (nSPS) is 17.3. The van der Waals surface area contributed by atoms with Crippen molar-refractivity contribution in [3.63, 3.8) is 0 Å². The number of hydrogen-bond donors (Lipinski definition) is 1. The number of amides is 1. The van der Waals surface area contributed by atoms with E-state index in [1.807, 2.05) is 11.8 Å². The number of aromatic nitrogens is 3. The van der Waals surface area contributed by atoms with E-state index in [9.17, 15) is 13.6 Å². The zero-order chi connectivity index (χ0) is 19.0. The Labute approximate surface area is 153 Å². The van der Waals surface area contributed by atoms with Gasteiger partial charge in [-0.25, -0.2) is 13.8 Å². The van der Waals surface area contributed by atoms with Crippen molar-refractivity contribution in [2.75, 3.05) is 23.3 Å². The topological polar surface area (TPSA) is 84.2 Å². The predicted octanol–water partition coefficient (Wildman–Crippen LogP) is 3.06. The molecule has 3 heterocycles. The number of nitrogens with zero attached hydrogens (tertiary/aromatic N) is 4. The van der Waals surface area contributed by atoms with Crippen LogP contribution in [0, 0.1) is 24.5 Å². The number of anilines is 2. The number of hydrogen-bond acceptors (Lipinski definition) is 6. The first-order valence-electron chi connectivity index (χ1n) is 8.61. The second kappa shape index (κ2) is 6.90. The molecule has 9 heteroatoms. The van der Waals surface area contributed by atoms with Gasteiger partial charge in [0.25, 0.3) is 5.71 Å². The van der Waals surface area contributed by atoms with Crippen LogP contribution in [-0.2, 0) is 4.79 Å². The molecule has 1 N–H and O–H groups in total. The van der Waals surface area contributed by atoms with Crippen molar-refractivity contribution in [2.24, 2.45) is 5.92 Å². The number of benzene rings is 1. The molecule has 2 aromatic heterocycles. The molecule has 0 unspecified atom stereocenters. The molecule has 1 aromatic carbocycles. The van der Waals surface area contributed by atoms with Gasteiger partial charge in [-0.15, -0.1) is 0 Å². The van der Waals surface area contributed by atoms with Crippen molar-refractivity contribution in [3.05, 3.63) is 41.9 Å². The molecule has 0 bridgehead atoms. The van der Waals surface area contributed by atoms with Crippen LogP contribution in [0.1, 0.15) is 18.5 Å².